The van der Waals surface area contributed by atoms with Crippen LogP contribution < -0.4 is 10.6 Å². The lowest BCUT2D eigenvalue weighted by molar-refractivity contribution is -0.121. The molecule has 1 aliphatic rings. The predicted octanol–water partition coefficient (Wildman–Crippen LogP) is 2.21. The van der Waals surface area contributed by atoms with Crippen molar-refractivity contribution in [3.63, 3.8) is 0 Å². The number of carbonyl (C=O) groups excluding carboxylic acids is 2. The fourth-order valence-electron chi connectivity index (χ4n) is 3.09. The number of hydrogen-bond donors (Lipinski definition) is 2. The maximum absolute atomic E-state index is 13.0. The van der Waals surface area contributed by atoms with Crippen LogP contribution in [-0.4, -0.2) is 37.6 Å². The number of benzene rings is 2. The average Bonchev–Trinajstić information content (AvgIpc) is 2.99. The van der Waals surface area contributed by atoms with Gasteiger partial charge in [0, 0.05) is 18.8 Å². The first-order valence-corrected chi connectivity index (χ1v) is 10.6. The Morgan fingerprint density at radius 1 is 1.21 bits per heavy atom. The van der Waals surface area contributed by atoms with Gasteiger partial charge in [-0.05, 0) is 48.4 Å². The van der Waals surface area contributed by atoms with E-state index in [-0.39, 0.29) is 36.3 Å². The highest BCUT2D eigenvalue weighted by Gasteiger charge is 2.31. The van der Waals surface area contributed by atoms with Gasteiger partial charge >= 0.3 is 0 Å². The third-order valence-corrected chi connectivity index (χ3v) is 6.77. The number of nitrogens with zero attached hydrogens (tertiary/aromatic N) is 1. The summed E-state index contributed by atoms with van der Waals surface area (Å²) in [5, 5.41) is 5.34. The minimum Gasteiger partial charge on any atom is -0.351 e. The minimum atomic E-state index is -3.91. The molecule has 1 heterocycles. The highest BCUT2D eigenvalue weighted by molar-refractivity contribution is 7.89. The minimum absolute atomic E-state index is 0.0350. The third kappa shape index (κ3) is 4.46. The molecule has 2 aromatic carbocycles. The molecule has 0 spiro atoms. The molecule has 0 aliphatic carbocycles. The van der Waals surface area contributed by atoms with E-state index in [9.17, 15) is 22.4 Å². The molecular weight excluding hydrogens is 397 g/mol. The Balaban J connectivity index is 1.71. The Bertz CT molecular complexity index is 1040. The monoisotopic (exact) mass is 419 g/mol. The number of likely N-dealkylation sites (N-methyl/N-ethyl adjacent to an activating group) is 1. The molecule has 7 nitrogen and oxygen atoms in total. The van der Waals surface area contributed by atoms with Gasteiger partial charge in [0.25, 0.3) is 0 Å². The van der Waals surface area contributed by atoms with E-state index >= 15 is 0 Å². The Morgan fingerprint density at radius 3 is 2.55 bits per heavy atom. The summed E-state index contributed by atoms with van der Waals surface area (Å²) >= 11 is 0. The number of carbonyl (C=O) groups is 2. The van der Waals surface area contributed by atoms with Crippen LogP contribution in [0.25, 0.3) is 0 Å². The van der Waals surface area contributed by atoms with E-state index in [1.165, 1.54) is 24.3 Å². The van der Waals surface area contributed by atoms with Gasteiger partial charge in [-0.2, -0.15) is 4.31 Å². The second-order valence-corrected chi connectivity index (χ2v) is 8.73. The van der Waals surface area contributed by atoms with Gasteiger partial charge in [0.05, 0.1) is 17.4 Å². The summed E-state index contributed by atoms with van der Waals surface area (Å²) in [6.45, 7) is 3.28. The number of rotatable bonds is 7. The van der Waals surface area contributed by atoms with Gasteiger partial charge in [0.1, 0.15) is 5.82 Å². The van der Waals surface area contributed by atoms with Gasteiger partial charge in [-0.25, -0.2) is 12.8 Å². The van der Waals surface area contributed by atoms with Gasteiger partial charge in [0.2, 0.25) is 21.8 Å². The molecule has 1 atom stereocenters. The molecule has 1 aliphatic heterocycles. The molecule has 2 aromatic rings. The molecule has 2 amide bonds. The summed E-state index contributed by atoms with van der Waals surface area (Å²) in [7, 11) is -3.91. The van der Waals surface area contributed by atoms with Crippen molar-refractivity contribution < 1.29 is 22.4 Å². The largest absolute Gasteiger partial charge is 0.351 e. The fraction of sp³-hybridized carbons (Fsp3) is 0.300. The zero-order chi connectivity index (χ0) is 21.2. The summed E-state index contributed by atoms with van der Waals surface area (Å²) < 4.78 is 40.0. The highest BCUT2D eigenvalue weighted by atomic mass is 32.2. The van der Waals surface area contributed by atoms with E-state index in [1.807, 2.05) is 0 Å². The molecule has 29 heavy (non-hydrogen) atoms. The van der Waals surface area contributed by atoms with E-state index in [1.54, 1.807) is 32.0 Å². The fourth-order valence-corrected chi connectivity index (χ4v) is 4.53. The zero-order valence-electron chi connectivity index (χ0n) is 16.1. The first-order valence-electron chi connectivity index (χ1n) is 9.18. The summed E-state index contributed by atoms with van der Waals surface area (Å²) in [5.74, 6) is -1.45. The van der Waals surface area contributed by atoms with Crippen LogP contribution in [0.3, 0.4) is 0 Å². The standard InChI is InChI=1S/C20H22FN3O4S/c1-3-24(12-19(25)22-11-14-4-6-15(21)7-5-14)29(27,28)16-8-9-18-17(10-16)13(2)20(26)23-18/h4-10,13H,3,11-12H2,1-2H3,(H,22,25)(H,23,26)/t13-/m1/s1. The smallest absolute Gasteiger partial charge is 0.243 e. The molecule has 0 saturated heterocycles. The van der Waals surface area contributed by atoms with Gasteiger partial charge in [-0.3, -0.25) is 9.59 Å². The van der Waals surface area contributed by atoms with E-state index < -0.39 is 21.8 Å². The van der Waals surface area contributed by atoms with E-state index in [0.29, 0.717) is 16.8 Å². The molecular formula is C20H22FN3O4S. The average molecular weight is 419 g/mol. The van der Waals surface area contributed by atoms with Crippen molar-refractivity contribution in [3.8, 4) is 0 Å². The van der Waals surface area contributed by atoms with Crippen LogP contribution in [0.5, 0.6) is 0 Å². The van der Waals surface area contributed by atoms with Gasteiger partial charge < -0.3 is 10.6 Å². The lowest BCUT2D eigenvalue weighted by Gasteiger charge is -2.20. The second-order valence-electron chi connectivity index (χ2n) is 6.79. The summed E-state index contributed by atoms with van der Waals surface area (Å²) in [6.07, 6.45) is 0. The lowest BCUT2D eigenvalue weighted by Crippen LogP contribution is -2.40. The molecule has 2 N–H and O–H groups in total. The van der Waals surface area contributed by atoms with Crippen molar-refractivity contribution in [2.45, 2.75) is 31.2 Å². The van der Waals surface area contributed by atoms with Crippen molar-refractivity contribution in [1.82, 2.24) is 9.62 Å². The van der Waals surface area contributed by atoms with Crippen LogP contribution in [0.4, 0.5) is 10.1 Å². The van der Waals surface area contributed by atoms with E-state index in [4.69, 9.17) is 0 Å². The van der Waals surface area contributed by atoms with Crippen LogP contribution in [0.15, 0.2) is 47.4 Å². The van der Waals surface area contributed by atoms with E-state index in [0.717, 1.165) is 4.31 Å². The SMILES string of the molecule is CCN(CC(=O)NCc1ccc(F)cc1)S(=O)(=O)c1ccc2c(c1)[C@@H](C)C(=O)N2. The molecule has 0 saturated carbocycles. The number of halogens is 1. The van der Waals surface area contributed by atoms with Crippen molar-refractivity contribution in [2.24, 2.45) is 0 Å². The summed E-state index contributed by atoms with van der Waals surface area (Å²) in [5.41, 5.74) is 1.92. The first-order chi connectivity index (χ1) is 13.7. The Kier molecular flexibility index (Phi) is 5.99. The van der Waals surface area contributed by atoms with Crippen LogP contribution in [-0.2, 0) is 26.2 Å². The van der Waals surface area contributed by atoms with Crippen molar-refractivity contribution >= 4 is 27.5 Å². The molecule has 0 bridgehead atoms. The van der Waals surface area contributed by atoms with Gasteiger partial charge in [-0.15, -0.1) is 0 Å². The number of nitrogens with one attached hydrogen (secondary N) is 2. The Hall–Kier alpha value is -2.78. The number of fused-ring (bicyclic) bond motifs is 1. The van der Waals surface area contributed by atoms with Crippen LogP contribution >= 0.6 is 0 Å². The number of sulfonamides is 1. The van der Waals surface area contributed by atoms with Crippen molar-refractivity contribution in [1.29, 1.82) is 0 Å². The molecule has 9 heteroatoms. The molecule has 0 fully saturated rings. The normalized spacial score (nSPS) is 15.9. The van der Waals surface area contributed by atoms with Crippen molar-refractivity contribution in [3.05, 3.63) is 59.4 Å². The summed E-state index contributed by atoms with van der Waals surface area (Å²) in [4.78, 5) is 24.1. The van der Waals surface area contributed by atoms with Crippen molar-refractivity contribution in [2.75, 3.05) is 18.4 Å². The quantitative estimate of drug-likeness (QED) is 0.719. The van der Waals surface area contributed by atoms with Gasteiger partial charge in [0.15, 0.2) is 0 Å². The van der Waals surface area contributed by atoms with Crippen LogP contribution in [0.1, 0.15) is 30.9 Å². The maximum Gasteiger partial charge on any atom is 0.243 e. The molecule has 0 radical (unpaired) electrons. The lowest BCUT2D eigenvalue weighted by atomic mass is 10.0. The highest BCUT2D eigenvalue weighted by Crippen LogP contribution is 2.34. The number of anilines is 1. The molecule has 0 unspecified atom stereocenters. The van der Waals surface area contributed by atoms with E-state index in [2.05, 4.69) is 10.6 Å². The third-order valence-electron chi connectivity index (χ3n) is 4.85. The van der Waals surface area contributed by atoms with Crippen LogP contribution in [0, 0.1) is 5.82 Å². The summed E-state index contributed by atoms with van der Waals surface area (Å²) in [6, 6.07) is 10.1. The number of hydrogen-bond acceptors (Lipinski definition) is 4. The number of amides is 2. The topological polar surface area (TPSA) is 95.6 Å². The molecule has 3 rings (SSSR count). The second kappa shape index (κ2) is 8.30. The first kappa shape index (κ1) is 20.9. The zero-order valence-corrected chi connectivity index (χ0v) is 16.9. The van der Waals surface area contributed by atoms with Crippen LogP contribution in [0.2, 0.25) is 0 Å². The maximum atomic E-state index is 13.0. The predicted molar refractivity (Wildman–Crippen MR) is 106 cm³/mol. The van der Waals surface area contributed by atoms with Gasteiger partial charge in [-0.1, -0.05) is 19.1 Å². The Morgan fingerprint density at radius 2 is 1.90 bits per heavy atom. The molecule has 154 valence electrons. The Labute approximate surface area is 169 Å². The molecule has 0 aromatic heterocycles.